The van der Waals surface area contributed by atoms with Crippen LogP contribution in [0.5, 0.6) is 5.75 Å². The van der Waals surface area contributed by atoms with Gasteiger partial charge in [-0.05, 0) is 12.1 Å². The molecule has 7 heteroatoms. The third-order valence-electron chi connectivity index (χ3n) is 2.63. The van der Waals surface area contributed by atoms with Gasteiger partial charge in [0, 0.05) is 24.1 Å². The van der Waals surface area contributed by atoms with E-state index in [0.29, 0.717) is 0 Å². The van der Waals surface area contributed by atoms with Crippen LogP contribution in [0.2, 0.25) is 0 Å². The first-order valence-corrected chi connectivity index (χ1v) is 5.85. The zero-order valence-corrected chi connectivity index (χ0v) is 11.0. The Labute approximate surface area is 113 Å². The van der Waals surface area contributed by atoms with Crippen LogP contribution in [0, 0.1) is 0 Å². The molecule has 20 heavy (non-hydrogen) atoms. The SMILES string of the molecule is CCC(=O)Cc1c(NC(=O)C(F)(F)F)cccc1OC. The maximum atomic E-state index is 12.3. The fourth-order valence-electron chi connectivity index (χ4n) is 1.57. The number of amides is 1. The number of ether oxygens (including phenoxy) is 1. The third-order valence-corrected chi connectivity index (χ3v) is 2.63. The average Bonchev–Trinajstić information content (AvgIpc) is 2.39. The Morgan fingerprint density at radius 1 is 1.30 bits per heavy atom. The third kappa shape index (κ3) is 3.97. The molecule has 0 aliphatic rings. The molecular formula is C13H14F3NO3. The van der Waals surface area contributed by atoms with Gasteiger partial charge in [0.1, 0.15) is 11.5 Å². The molecule has 0 fully saturated rings. The van der Waals surface area contributed by atoms with Crippen molar-refractivity contribution in [3.63, 3.8) is 0 Å². The fourth-order valence-corrected chi connectivity index (χ4v) is 1.57. The van der Waals surface area contributed by atoms with Gasteiger partial charge in [0.25, 0.3) is 0 Å². The molecule has 0 aliphatic heterocycles. The number of nitrogens with one attached hydrogen (secondary N) is 1. The largest absolute Gasteiger partial charge is 0.496 e. The number of ketones is 1. The predicted molar refractivity (Wildman–Crippen MR) is 66.7 cm³/mol. The summed E-state index contributed by atoms with van der Waals surface area (Å²) in [6.07, 6.45) is -4.85. The second-order valence-electron chi connectivity index (χ2n) is 4.01. The Balaban J connectivity index is 3.12. The number of anilines is 1. The van der Waals surface area contributed by atoms with E-state index in [-0.39, 0.29) is 35.6 Å². The number of halogens is 3. The lowest BCUT2D eigenvalue weighted by Gasteiger charge is -2.15. The van der Waals surface area contributed by atoms with Gasteiger partial charge in [-0.1, -0.05) is 13.0 Å². The summed E-state index contributed by atoms with van der Waals surface area (Å²) in [5, 5.41) is 1.76. The highest BCUT2D eigenvalue weighted by Gasteiger charge is 2.39. The molecule has 0 heterocycles. The van der Waals surface area contributed by atoms with Crippen molar-refractivity contribution in [2.24, 2.45) is 0 Å². The minimum atomic E-state index is -4.99. The van der Waals surface area contributed by atoms with Gasteiger partial charge in [0.2, 0.25) is 0 Å². The van der Waals surface area contributed by atoms with E-state index in [0.717, 1.165) is 0 Å². The Hall–Kier alpha value is -2.05. The van der Waals surface area contributed by atoms with E-state index in [9.17, 15) is 22.8 Å². The van der Waals surface area contributed by atoms with Crippen LogP contribution >= 0.6 is 0 Å². The second kappa shape index (κ2) is 6.40. The first-order chi connectivity index (χ1) is 9.29. The van der Waals surface area contributed by atoms with Crippen molar-refractivity contribution in [1.82, 2.24) is 0 Å². The van der Waals surface area contributed by atoms with Crippen molar-refractivity contribution >= 4 is 17.4 Å². The molecule has 1 amide bonds. The zero-order valence-electron chi connectivity index (χ0n) is 11.0. The van der Waals surface area contributed by atoms with E-state index in [1.807, 2.05) is 0 Å². The number of rotatable bonds is 5. The molecule has 1 rings (SSSR count). The first kappa shape index (κ1) is 16.0. The molecule has 1 N–H and O–H groups in total. The maximum absolute atomic E-state index is 12.3. The summed E-state index contributed by atoms with van der Waals surface area (Å²) in [5.41, 5.74) is 0.160. The summed E-state index contributed by atoms with van der Waals surface area (Å²) in [4.78, 5) is 22.5. The average molecular weight is 289 g/mol. The molecule has 0 aliphatic carbocycles. The highest BCUT2D eigenvalue weighted by atomic mass is 19.4. The minimum Gasteiger partial charge on any atom is -0.496 e. The molecule has 0 atom stereocenters. The molecule has 0 unspecified atom stereocenters. The molecule has 0 spiro atoms. The van der Waals surface area contributed by atoms with Crippen LogP contribution in [-0.4, -0.2) is 25.0 Å². The van der Waals surface area contributed by atoms with Gasteiger partial charge in [-0.2, -0.15) is 13.2 Å². The number of alkyl halides is 3. The number of hydrogen-bond acceptors (Lipinski definition) is 3. The van der Waals surface area contributed by atoms with Crippen molar-refractivity contribution < 1.29 is 27.5 Å². The number of benzene rings is 1. The van der Waals surface area contributed by atoms with E-state index in [2.05, 4.69) is 0 Å². The fraction of sp³-hybridized carbons (Fsp3) is 0.385. The smallest absolute Gasteiger partial charge is 0.471 e. The van der Waals surface area contributed by atoms with Gasteiger partial charge in [0.05, 0.1) is 7.11 Å². The van der Waals surface area contributed by atoms with Gasteiger partial charge in [-0.25, -0.2) is 0 Å². The second-order valence-corrected chi connectivity index (χ2v) is 4.01. The molecule has 1 aromatic carbocycles. The van der Waals surface area contributed by atoms with E-state index < -0.39 is 12.1 Å². The Morgan fingerprint density at radius 3 is 2.45 bits per heavy atom. The Kier molecular flexibility index (Phi) is 5.12. The van der Waals surface area contributed by atoms with Gasteiger partial charge < -0.3 is 10.1 Å². The summed E-state index contributed by atoms with van der Waals surface area (Å²) in [6, 6.07) is 4.25. The number of Topliss-reactive ketones (excluding diaryl/α,β-unsaturated/α-hetero) is 1. The quantitative estimate of drug-likeness (QED) is 0.906. The minimum absolute atomic E-state index is 0.0755. The van der Waals surface area contributed by atoms with Crippen LogP contribution in [-0.2, 0) is 16.0 Å². The number of carbonyl (C=O) groups is 2. The van der Waals surface area contributed by atoms with E-state index in [1.165, 1.54) is 25.3 Å². The van der Waals surface area contributed by atoms with Gasteiger partial charge in [0.15, 0.2) is 0 Å². The Morgan fingerprint density at radius 2 is 1.95 bits per heavy atom. The van der Waals surface area contributed by atoms with Gasteiger partial charge in [-0.3, -0.25) is 9.59 Å². The van der Waals surface area contributed by atoms with E-state index in [1.54, 1.807) is 12.2 Å². The molecular weight excluding hydrogens is 275 g/mol. The molecule has 1 aromatic rings. The van der Waals surface area contributed by atoms with Crippen LogP contribution in [0.25, 0.3) is 0 Å². The standard InChI is InChI=1S/C13H14F3NO3/c1-3-8(18)7-9-10(5-4-6-11(9)20-2)17-12(19)13(14,15)16/h4-6H,3,7H2,1-2H3,(H,17,19). The monoisotopic (exact) mass is 289 g/mol. The lowest BCUT2D eigenvalue weighted by atomic mass is 10.0. The maximum Gasteiger partial charge on any atom is 0.471 e. The van der Waals surface area contributed by atoms with Crippen molar-refractivity contribution in [2.45, 2.75) is 25.9 Å². The van der Waals surface area contributed by atoms with Crippen LogP contribution in [0.15, 0.2) is 18.2 Å². The molecule has 4 nitrogen and oxygen atoms in total. The van der Waals surface area contributed by atoms with E-state index in [4.69, 9.17) is 4.74 Å². The molecule has 110 valence electrons. The number of hydrogen-bond donors (Lipinski definition) is 1. The molecule has 0 radical (unpaired) electrons. The van der Waals surface area contributed by atoms with Crippen LogP contribution in [0.3, 0.4) is 0 Å². The lowest BCUT2D eigenvalue weighted by molar-refractivity contribution is -0.167. The van der Waals surface area contributed by atoms with Crippen LogP contribution < -0.4 is 10.1 Å². The number of methoxy groups -OCH3 is 1. The summed E-state index contributed by atoms with van der Waals surface area (Å²) in [5.74, 6) is -2.00. The highest BCUT2D eigenvalue weighted by Crippen LogP contribution is 2.29. The molecule has 0 saturated heterocycles. The van der Waals surface area contributed by atoms with Crippen molar-refractivity contribution in [1.29, 1.82) is 0 Å². The molecule has 0 saturated carbocycles. The topological polar surface area (TPSA) is 55.4 Å². The summed E-state index contributed by atoms with van der Waals surface area (Å²) in [6.45, 7) is 1.64. The van der Waals surface area contributed by atoms with Crippen molar-refractivity contribution in [3.05, 3.63) is 23.8 Å². The first-order valence-electron chi connectivity index (χ1n) is 5.85. The number of carbonyl (C=O) groups excluding carboxylic acids is 2. The zero-order chi connectivity index (χ0) is 15.3. The lowest BCUT2D eigenvalue weighted by Crippen LogP contribution is -2.30. The Bertz CT molecular complexity index is 512. The van der Waals surface area contributed by atoms with Gasteiger partial charge in [-0.15, -0.1) is 0 Å². The molecule has 0 aromatic heterocycles. The van der Waals surface area contributed by atoms with Crippen molar-refractivity contribution in [2.75, 3.05) is 12.4 Å². The van der Waals surface area contributed by atoms with Crippen molar-refractivity contribution in [3.8, 4) is 5.75 Å². The van der Waals surface area contributed by atoms with Crippen LogP contribution in [0.1, 0.15) is 18.9 Å². The molecule has 0 bridgehead atoms. The summed E-state index contributed by atoms with van der Waals surface area (Å²) in [7, 11) is 1.34. The van der Waals surface area contributed by atoms with Gasteiger partial charge >= 0.3 is 12.1 Å². The van der Waals surface area contributed by atoms with E-state index >= 15 is 0 Å². The van der Waals surface area contributed by atoms with Crippen LogP contribution in [0.4, 0.5) is 18.9 Å². The highest BCUT2D eigenvalue weighted by molar-refractivity contribution is 5.96. The normalized spacial score (nSPS) is 11.1. The summed E-state index contributed by atoms with van der Waals surface area (Å²) >= 11 is 0. The predicted octanol–water partition coefficient (Wildman–Crippen LogP) is 2.72. The summed E-state index contributed by atoms with van der Waals surface area (Å²) < 4.78 is 41.8.